The molecule has 0 fully saturated rings. The molecule has 0 aliphatic heterocycles. The number of thiazole rings is 1. The number of aliphatic hydroxyl groups is 1. The summed E-state index contributed by atoms with van der Waals surface area (Å²) >= 11 is 0.816. The first-order valence-electron chi connectivity index (χ1n) is 6.62. The lowest BCUT2D eigenvalue weighted by atomic mass is 10.1. The molecular weight excluding hydrogens is 331 g/mol. The number of aliphatic hydroxyl groups excluding tert-OH is 1. The second-order valence-electron chi connectivity index (χ2n) is 4.60. The van der Waals surface area contributed by atoms with Gasteiger partial charge in [-0.2, -0.15) is 13.2 Å². The van der Waals surface area contributed by atoms with Crippen LogP contribution in [0.5, 0.6) is 0 Å². The van der Waals surface area contributed by atoms with Gasteiger partial charge in [0.05, 0.1) is 19.2 Å². The zero-order valence-corrected chi connectivity index (χ0v) is 12.6. The van der Waals surface area contributed by atoms with Crippen LogP contribution in [-0.2, 0) is 12.7 Å². The molecule has 1 aromatic heterocycles. The Bertz CT molecular complexity index is 646. The summed E-state index contributed by atoms with van der Waals surface area (Å²) in [6, 6.07) is 7.64. The summed E-state index contributed by atoms with van der Waals surface area (Å²) in [6.07, 6.45) is -4.49. The minimum Gasteiger partial charge on any atom is -0.394 e. The van der Waals surface area contributed by atoms with Gasteiger partial charge in [0.1, 0.15) is 5.01 Å². The Balaban J connectivity index is 1.88. The van der Waals surface area contributed by atoms with E-state index in [0.717, 1.165) is 22.3 Å². The fourth-order valence-electron chi connectivity index (χ4n) is 1.81. The van der Waals surface area contributed by atoms with Gasteiger partial charge in [-0.15, -0.1) is 11.3 Å². The van der Waals surface area contributed by atoms with Crippen molar-refractivity contribution in [1.29, 1.82) is 0 Å². The zero-order valence-electron chi connectivity index (χ0n) is 11.8. The van der Waals surface area contributed by atoms with Crippen LogP contribution < -0.4 is 10.6 Å². The number of carbonyl (C=O) groups excluding carboxylic acids is 1. The summed E-state index contributed by atoms with van der Waals surface area (Å²) in [5.74, 6) is 0. The van der Waals surface area contributed by atoms with Crippen molar-refractivity contribution in [2.45, 2.75) is 18.8 Å². The predicted octanol–water partition coefficient (Wildman–Crippen LogP) is 2.69. The van der Waals surface area contributed by atoms with Gasteiger partial charge in [0.25, 0.3) is 0 Å². The average Bonchev–Trinajstić information content (AvgIpc) is 3.00. The summed E-state index contributed by atoms with van der Waals surface area (Å²) in [4.78, 5) is 15.2. The van der Waals surface area contributed by atoms with E-state index in [-0.39, 0.29) is 18.2 Å². The third kappa shape index (κ3) is 4.93. The van der Waals surface area contributed by atoms with Crippen molar-refractivity contribution in [2.24, 2.45) is 0 Å². The molecular formula is C14H14F3N3O2S. The minimum atomic E-state index is -4.49. The Morgan fingerprint density at radius 3 is 2.57 bits per heavy atom. The lowest BCUT2D eigenvalue weighted by Gasteiger charge is -2.16. The van der Waals surface area contributed by atoms with E-state index in [0.29, 0.717) is 0 Å². The van der Waals surface area contributed by atoms with E-state index in [1.165, 1.54) is 0 Å². The molecule has 124 valence electrons. The van der Waals surface area contributed by atoms with Crippen molar-refractivity contribution < 1.29 is 23.1 Å². The molecule has 3 N–H and O–H groups in total. The largest absolute Gasteiger partial charge is 0.434 e. The SMILES string of the molecule is O=C(NCc1nc(C(F)(F)F)cs1)NC(CO)c1ccccc1. The summed E-state index contributed by atoms with van der Waals surface area (Å²) in [5, 5.41) is 15.3. The van der Waals surface area contributed by atoms with Crippen molar-refractivity contribution in [3.8, 4) is 0 Å². The van der Waals surface area contributed by atoms with Crippen molar-refractivity contribution in [3.63, 3.8) is 0 Å². The maximum Gasteiger partial charge on any atom is 0.434 e. The van der Waals surface area contributed by atoms with E-state index in [9.17, 15) is 23.1 Å². The van der Waals surface area contributed by atoms with E-state index in [1.807, 2.05) is 0 Å². The van der Waals surface area contributed by atoms with Crippen LogP contribution in [0.25, 0.3) is 0 Å². The van der Waals surface area contributed by atoms with Crippen LogP contribution in [0.4, 0.5) is 18.0 Å². The van der Waals surface area contributed by atoms with Gasteiger partial charge in [-0.3, -0.25) is 0 Å². The first-order valence-corrected chi connectivity index (χ1v) is 7.50. The molecule has 1 heterocycles. The molecule has 0 spiro atoms. The number of hydrogen-bond acceptors (Lipinski definition) is 4. The second kappa shape index (κ2) is 7.42. The van der Waals surface area contributed by atoms with Crippen molar-refractivity contribution >= 4 is 17.4 Å². The highest BCUT2D eigenvalue weighted by atomic mass is 32.1. The second-order valence-corrected chi connectivity index (χ2v) is 5.54. The van der Waals surface area contributed by atoms with Crippen molar-refractivity contribution in [3.05, 3.63) is 52.0 Å². The first-order chi connectivity index (χ1) is 10.9. The molecule has 0 saturated heterocycles. The van der Waals surface area contributed by atoms with Crippen LogP contribution >= 0.6 is 11.3 Å². The van der Waals surface area contributed by atoms with Gasteiger partial charge in [-0.05, 0) is 5.56 Å². The van der Waals surface area contributed by atoms with Crippen LogP contribution in [0.15, 0.2) is 35.7 Å². The highest BCUT2D eigenvalue weighted by Gasteiger charge is 2.33. The van der Waals surface area contributed by atoms with E-state index in [2.05, 4.69) is 15.6 Å². The molecule has 0 saturated carbocycles. The number of rotatable bonds is 5. The Morgan fingerprint density at radius 2 is 2.00 bits per heavy atom. The number of amides is 2. The van der Waals surface area contributed by atoms with Gasteiger partial charge >= 0.3 is 12.2 Å². The maximum atomic E-state index is 12.4. The van der Waals surface area contributed by atoms with Gasteiger partial charge < -0.3 is 15.7 Å². The fourth-order valence-corrected chi connectivity index (χ4v) is 2.55. The molecule has 9 heteroatoms. The average molecular weight is 345 g/mol. The summed E-state index contributed by atoms with van der Waals surface area (Å²) in [5.41, 5.74) is -0.254. The number of alkyl halides is 3. The van der Waals surface area contributed by atoms with Crippen LogP contribution in [-0.4, -0.2) is 22.7 Å². The molecule has 2 amide bonds. The topological polar surface area (TPSA) is 74.2 Å². The van der Waals surface area contributed by atoms with E-state index in [4.69, 9.17) is 0 Å². The number of halogens is 3. The molecule has 0 radical (unpaired) electrons. The van der Waals surface area contributed by atoms with Crippen molar-refractivity contribution in [2.75, 3.05) is 6.61 Å². The number of benzene rings is 1. The highest BCUT2D eigenvalue weighted by Crippen LogP contribution is 2.29. The van der Waals surface area contributed by atoms with E-state index < -0.39 is 23.9 Å². The first kappa shape index (κ1) is 17.2. The number of hydrogen-bond donors (Lipinski definition) is 3. The molecule has 2 aromatic rings. The smallest absolute Gasteiger partial charge is 0.394 e. The van der Waals surface area contributed by atoms with Crippen LogP contribution in [0, 0.1) is 0 Å². The molecule has 1 unspecified atom stereocenters. The lowest BCUT2D eigenvalue weighted by Crippen LogP contribution is -2.38. The molecule has 1 atom stereocenters. The molecule has 0 aliphatic rings. The maximum absolute atomic E-state index is 12.4. The zero-order chi connectivity index (χ0) is 16.9. The summed E-state index contributed by atoms with van der Waals surface area (Å²) in [7, 11) is 0. The van der Waals surface area contributed by atoms with Gasteiger partial charge in [-0.25, -0.2) is 9.78 Å². The van der Waals surface area contributed by atoms with E-state index >= 15 is 0 Å². The summed E-state index contributed by atoms with van der Waals surface area (Å²) in [6.45, 7) is -0.424. The Hall–Kier alpha value is -2.13. The predicted molar refractivity (Wildman–Crippen MR) is 78.8 cm³/mol. The van der Waals surface area contributed by atoms with Crippen molar-refractivity contribution in [1.82, 2.24) is 15.6 Å². The fraction of sp³-hybridized carbons (Fsp3) is 0.286. The Morgan fingerprint density at radius 1 is 1.30 bits per heavy atom. The van der Waals surface area contributed by atoms with Gasteiger partial charge in [0, 0.05) is 5.38 Å². The molecule has 5 nitrogen and oxygen atoms in total. The number of urea groups is 1. The Kier molecular flexibility index (Phi) is 5.56. The monoisotopic (exact) mass is 345 g/mol. The number of carbonyl (C=O) groups is 1. The number of nitrogens with one attached hydrogen (secondary N) is 2. The van der Waals surface area contributed by atoms with Crippen LogP contribution in [0.3, 0.4) is 0 Å². The third-order valence-corrected chi connectivity index (χ3v) is 3.78. The lowest BCUT2D eigenvalue weighted by molar-refractivity contribution is -0.140. The minimum absolute atomic E-state index is 0.125. The van der Waals surface area contributed by atoms with Crippen LogP contribution in [0.2, 0.25) is 0 Å². The molecule has 0 bridgehead atoms. The summed E-state index contributed by atoms with van der Waals surface area (Å²) < 4.78 is 37.3. The molecule has 1 aromatic carbocycles. The normalized spacial score (nSPS) is 12.7. The van der Waals surface area contributed by atoms with Crippen LogP contribution in [0.1, 0.15) is 22.3 Å². The molecule has 23 heavy (non-hydrogen) atoms. The quantitative estimate of drug-likeness (QED) is 0.780. The van der Waals surface area contributed by atoms with E-state index in [1.54, 1.807) is 30.3 Å². The molecule has 2 rings (SSSR count). The van der Waals surface area contributed by atoms with Gasteiger partial charge in [0.15, 0.2) is 5.69 Å². The standard InChI is InChI=1S/C14H14F3N3O2S/c15-14(16,17)11-8-23-12(20-11)6-18-13(22)19-10(7-21)9-4-2-1-3-5-9/h1-5,8,10,21H,6-7H2,(H2,18,19,22). The molecule has 0 aliphatic carbocycles. The highest BCUT2D eigenvalue weighted by molar-refractivity contribution is 7.09. The Labute approximate surface area is 134 Å². The van der Waals surface area contributed by atoms with Gasteiger partial charge in [0.2, 0.25) is 0 Å². The third-order valence-electron chi connectivity index (χ3n) is 2.93. The number of aromatic nitrogens is 1. The number of nitrogens with zero attached hydrogens (tertiary/aromatic N) is 1. The van der Waals surface area contributed by atoms with Gasteiger partial charge in [-0.1, -0.05) is 30.3 Å².